The van der Waals surface area contributed by atoms with Crippen LogP contribution in [0.2, 0.25) is 5.02 Å². The number of carbonyl (C=O) groups excluding carboxylic acids is 1. The highest BCUT2D eigenvalue weighted by Gasteiger charge is 2.18. The van der Waals surface area contributed by atoms with Gasteiger partial charge >= 0.3 is 0 Å². The molecule has 0 aliphatic carbocycles. The molecule has 168 valence electrons. The molecule has 0 saturated carbocycles. The third-order valence-corrected chi connectivity index (χ3v) is 6.72. The lowest BCUT2D eigenvalue weighted by atomic mass is 10.1. The molecule has 3 rings (SSSR count). The molecular weight excluding hydrogens is 448 g/mol. The van der Waals surface area contributed by atoms with E-state index in [9.17, 15) is 13.2 Å². The van der Waals surface area contributed by atoms with Gasteiger partial charge in [-0.2, -0.15) is 0 Å². The van der Waals surface area contributed by atoms with E-state index in [1.54, 1.807) is 32.0 Å². The summed E-state index contributed by atoms with van der Waals surface area (Å²) in [6.07, 6.45) is -0.730. The number of nitrogens with one attached hydrogen (secondary N) is 2. The van der Waals surface area contributed by atoms with E-state index >= 15 is 0 Å². The van der Waals surface area contributed by atoms with Crippen molar-refractivity contribution in [3.05, 3.63) is 82.4 Å². The molecule has 0 aliphatic rings. The zero-order valence-corrected chi connectivity index (χ0v) is 19.8. The van der Waals surface area contributed by atoms with Crippen LogP contribution in [0.1, 0.15) is 23.6 Å². The van der Waals surface area contributed by atoms with Crippen molar-refractivity contribution in [2.45, 2.75) is 38.7 Å². The SMILES string of the molecule is Cc1ccc(Cl)cc1NS(=O)(=O)c1ccc(NC(=O)[C@H](C)Oc2cccc(C)c2C)cc1. The molecule has 0 fully saturated rings. The first-order valence-electron chi connectivity index (χ1n) is 9.99. The Morgan fingerprint density at radius 2 is 1.66 bits per heavy atom. The lowest BCUT2D eigenvalue weighted by molar-refractivity contribution is -0.122. The van der Waals surface area contributed by atoms with Crippen LogP contribution in [0.4, 0.5) is 11.4 Å². The van der Waals surface area contributed by atoms with Gasteiger partial charge in [-0.15, -0.1) is 0 Å². The molecule has 8 heteroatoms. The Kier molecular flexibility index (Phi) is 7.11. The van der Waals surface area contributed by atoms with Gasteiger partial charge in [0.1, 0.15) is 5.75 Å². The molecule has 0 aliphatic heterocycles. The first-order chi connectivity index (χ1) is 15.1. The van der Waals surface area contributed by atoms with Crippen LogP contribution >= 0.6 is 11.6 Å². The summed E-state index contributed by atoms with van der Waals surface area (Å²) in [4.78, 5) is 12.6. The quantitative estimate of drug-likeness (QED) is 0.477. The van der Waals surface area contributed by atoms with Crippen molar-refractivity contribution in [1.82, 2.24) is 0 Å². The fourth-order valence-corrected chi connectivity index (χ4v) is 4.26. The summed E-state index contributed by atoms with van der Waals surface area (Å²) >= 11 is 5.97. The van der Waals surface area contributed by atoms with E-state index < -0.39 is 16.1 Å². The van der Waals surface area contributed by atoms with Crippen LogP contribution in [-0.4, -0.2) is 20.4 Å². The average Bonchev–Trinajstić information content (AvgIpc) is 2.74. The van der Waals surface area contributed by atoms with Gasteiger partial charge in [-0.25, -0.2) is 8.42 Å². The highest BCUT2D eigenvalue weighted by atomic mass is 35.5. The molecule has 1 amide bonds. The second-order valence-corrected chi connectivity index (χ2v) is 9.66. The monoisotopic (exact) mass is 472 g/mol. The topological polar surface area (TPSA) is 84.5 Å². The van der Waals surface area contributed by atoms with Gasteiger partial charge in [0.2, 0.25) is 0 Å². The molecule has 0 unspecified atom stereocenters. The van der Waals surface area contributed by atoms with Gasteiger partial charge in [0.05, 0.1) is 10.6 Å². The molecule has 6 nitrogen and oxygen atoms in total. The summed E-state index contributed by atoms with van der Waals surface area (Å²) < 4.78 is 33.8. The van der Waals surface area contributed by atoms with E-state index in [2.05, 4.69) is 10.0 Å². The average molecular weight is 473 g/mol. The normalized spacial score (nSPS) is 12.2. The third-order valence-electron chi connectivity index (χ3n) is 5.10. The predicted octanol–water partition coefficient (Wildman–Crippen LogP) is 5.47. The van der Waals surface area contributed by atoms with Crippen LogP contribution < -0.4 is 14.8 Å². The number of benzene rings is 3. The van der Waals surface area contributed by atoms with E-state index in [0.29, 0.717) is 22.1 Å². The zero-order valence-electron chi connectivity index (χ0n) is 18.3. The molecule has 0 aromatic heterocycles. The maximum atomic E-state index is 12.7. The number of hydrogen-bond donors (Lipinski definition) is 2. The smallest absolute Gasteiger partial charge is 0.265 e. The Labute approximate surface area is 193 Å². The first kappa shape index (κ1) is 23.6. The molecule has 0 saturated heterocycles. The van der Waals surface area contributed by atoms with Crippen LogP contribution in [0.25, 0.3) is 0 Å². The van der Waals surface area contributed by atoms with Crippen LogP contribution in [0.5, 0.6) is 5.75 Å². The minimum absolute atomic E-state index is 0.0644. The van der Waals surface area contributed by atoms with Crippen LogP contribution in [0.15, 0.2) is 65.6 Å². The maximum Gasteiger partial charge on any atom is 0.265 e. The van der Waals surface area contributed by atoms with Crippen molar-refractivity contribution in [3.63, 3.8) is 0 Å². The van der Waals surface area contributed by atoms with Gasteiger partial charge in [0.15, 0.2) is 6.10 Å². The van der Waals surface area contributed by atoms with Crippen molar-refractivity contribution in [1.29, 1.82) is 0 Å². The van der Waals surface area contributed by atoms with Gasteiger partial charge in [-0.3, -0.25) is 9.52 Å². The Hall–Kier alpha value is -3.03. The minimum atomic E-state index is -3.81. The third kappa shape index (κ3) is 5.60. The number of anilines is 2. The van der Waals surface area contributed by atoms with Crippen molar-refractivity contribution in [3.8, 4) is 5.75 Å². The number of halogens is 1. The molecule has 0 radical (unpaired) electrons. The zero-order chi connectivity index (χ0) is 23.5. The highest BCUT2D eigenvalue weighted by Crippen LogP contribution is 2.25. The number of aryl methyl sites for hydroxylation is 2. The van der Waals surface area contributed by atoms with Crippen molar-refractivity contribution >= 4 is 38.9 Å². The Bertz CT molecular complexity index is 1240. The number of ether oxygens (including phenoxy) is 1. The summed E-state index contributed by atoms with van der Waals surface area (Å²) in [7, 11) is -3.81. The first-order valence-corrected chi connectivity index (χ1v) is 11.9. The molecule has 0 spiro atoms. The van der Waals surface area contributed by atoms with Gasteiger partial charge in [0.25, 0.3) is 15.9 Å². The van der Waals surface area contributed by atoms with Crippen LogP contribution in [0.3, 0.4) is 0 Å². The maximum absolute atomic E-state index is 12.7. The number of sulfonamides is 1. The molecule has 0 bridgehead atoms. The van der Waals surface area contributed by atoms with Gasteiger partial charge in [-0.1, -0.05) is 29.8 Å². The summed E-state index contributed by atoms with van der Waals surface area (Å²) in [6, 6.07) is 16.6. The second kappa shape index (κ2) is 9.63. The highest BCUT2D eigenvalue weighted by molar-refractivity contribution is 7.92. The summed E-state index contributed by atoms with van der Waals surface area (Å²) in [6.45, 7) is 7.36. The number of hydrogen-bond acceptors (Lipinski definition) is 4. The molecule has 3 aromatic carbocycles. The van der Waals surface area contributed by atoms with E-state index in [-0.39, 0.29) is 10.8 Å². The summed E-state index contributed by atoms with van der Waals surface area (Å²) in [5, 5.41) is 3.18. The molecule has 3 aromatic rings. The van der Waals surface area contributed by atoms with E-state index in [4.69, 9.17) is 16.3 Å². The fourth-order valence-electron chi connectivity index (χ4n) is 2.96. The lowest BCUT2D eigenvalue weighted by Gasteiger charge is -2.17. The predicted molar refractivity (Wildman–Crippen MR) is 128 cm³/mol. The number of carbonyl (C=O) groups is 1. The molecule has 2 N–H and O–H groups in total. The molecule has 32 heavy (non-hydrogen) atoms. The van der Waals surface area contributed by atoms with Gasteiger partial charge < -0.3 is 10.1 Å². The molecule has 1 atom stereocenters. The van der Waals surface area contributed by atoms with Gasteiger partial charge in [0, 0.05) is 10.7 Å². The van der Waals surface area contributed by atoms with E-state index in [1.807, 2.05) is 32.0 Å². The van der Waals surface area contributed by atoms with Crippen molar-refractivity contribution in [2.24, 2.45) is 0 Å². The Balaban J connectivity index is 1.67. The Morgan fingerprint density at radius 3 is 2.34 bits per heavy atom. The van der Waals surface area contributed by atoms with Gasteiger partial charge in [-0.05, 0) is 86.8 Å². The molecular formula is C24H25ClN2O4S. The van der Waals surface area contributed by atoms with Crippen LogP contribution in [0, 0.1) is 20.8 Å². The standard InChI is InChI=1S/C24H25ClN2O4S/c1-15-6-5-7-23(17(15)3)31-18(4)24(28)26-20-10-12-21(13-11-20)32(29,30)27-22-14-19(25)9-8-16(22)2/h5-14,18,27H,1-4H3,(H,26,28)/t18-/m0/s1. The minimum Gasteiger partial charge on any atom is -0.481 e. The number of rotatable bonds is 7. The molecule has 0 heterocycles. The van der Waals surface area contributed by atoms with Crippen LogP contribution in [-0.2, 0) is 14.8 Å². The Morgan fingerprint density at radius 1 is 0.969 bits per heavy atom. The lowest BCUT2D eigenvalue weighted by Crippen LogP contribution is -2.30. The van der Waals surface area contributed by atoms with Crippen molar-refractivity contribution in [2.75, 3.05) is 10.0 Å². The van der Waals surface area contributed by atoms with E-state index in [0.717, 1.165) is 16.7 Å². The summed E-state index contributed by atoms with van der Waals surface area (Å²) in [5.74, 6) is 0.311. The van der Waals surface area contributed by atoms with E-state index in [1.165, 1.54) is 24.3 Å². The number of amides is 1. The van der Waals surface area contributed by atoms with Crippen molar-refractivity contribution < 1.29 is 17.9 Å². The largest absolute Gasteiger partial charge is 0.481 e. The summed E-state index contributed by atoms with van der Waals surface area (Å²) in [5.41, 5.74) is 3.67. The fraction of sp³-hybridized carbons (Fsp3) is 0.208. The second-order valence-electron chi connectivity index (χ2n) is 7.54.